The molecule has 122 valence electrons. The standard InChI is InChI=1S/C15H22N2O4S/c18-10-7-13(14(19)20)16-15(21)17(9-11-22)8-6-12-4-2-1-3-5-12/h1-5,13,18,22H,6-11H2,(H,16,21)(H,19,20)/t13-/m0/s1. The summed E-state index contributed by atoms with van der Waals surface area (Å²) < 4.78 is 0. The van der Waals surface area contributed by atoms with Gasteiger partial charge < -0.3 is 20.4 Å². The molecule has 0 spiro atoms. The first-order valence-corrected chi connectivity index (χ1v) is 7.75. The van der Waals surface area contributed by atoms with Gasteiger partial charge >= 0.3 is 12.0 Å². The molecule has 0 fully saturated rings. The molecule has 6 nitrogen and oxygen atoms in total. The van der Waals surface area contributed by atoms with Crippen molar-refractivity contribution in [2.45, 2.75) is 18.9 Å². The number of aliphatic carboxylic acids is 1. The summed E-state index contributed by atoms with van der Waals surface area (Å²) in [6.07, 6.45) is 0.661. The monoisotopic (exact) mass is 326 g/mol. The number of carbonyl (C=O) groups excluding carboxylic acids is 1. The summed E-state index contributed by atoms with van der Waals surface area (Å²) in [7, 11) is 0. The number of hydrogen-bond acceptors (Lipinski definition) is 4. The van der Waals surface area contributed by atoms with Gasteiger partial charge in [0.2, 0.25) is 0 Å². The van der Waals surface area contributed by atoms with E-state index in [9.17, 15) is 9.59 Å². The molecule has 0 saturated heterocycles. The number of urea groups is 1. The number of rotatable bonds is 9. The summed E-state index contributed by atoms with van der Waals surface area (Å²) >= 11 is 4.13. The Labute approximate surface area is 135 Å². The predicted octanol–water partition coefficient (Wildman–Crippen LogP) is 1.01. The van der Waals surface area contributed by atoms with E-state index in [0.717, 1.165) is 5.56 Å². The molecular formula is C15H22N2O4S. The minimum Gasteiger partial charge on any atom is -0.480 e. The highest BCUT2D eigenvalue weighted by molar-refractivity contribution is 7.80. The van der Waals surface area contributed by atoms with Gasteiger partial charge in [0.25, 0.3) is 0 Å². The molecule has 2 amide bonds. The van der Waals surface area contributed by atoms with Gasteiger partial charge in [-0.15, -0.1) is 0 Å². The maximum atomic E-state index is 12.2. The minimum atomic E-state index is -1.16. The van der Waals surface area contributed by atoms with Gasteiger partial charge in [0, 0.05) is 31.9 Å². The summed E-state index contributed by atoms with van der Waals surface area (Å²) in [5.74, 6) is -0.670. The Kier molecular flexibility index (Phi) is 8.39. The molecule has 0 aliphatic rings. The highest BCUT2D eigenvalue weighted by Crippen LogP contribution is 2.03. The van der Waals surface area contributed by atoms with Crippen molar-refractivity contribution in [1.82, 2.24) is 10.2 Å². The largest absolute Gasteiger partial charge is 0.480 e. The normalized spacial score (nSPS) is 11.7. The molecule has 0 aromatic heterocycles. The lowest BCUT2D eigenvalue weighted by molar-refractivity contribution is -0.139. The highest BCUT2D eigenvalue weighted by Gasteiger charge is 2.22. The Balaban J connectivity index is 2.60. The molecule has 1 atom stereocenters. The first kappa shape index (κ1) is 18.3. The summed E-state index contributed by atoms with van der Waals surface area (Å²) in [5.41, 5.74) is 1.10. The Hall–Kier alpha value is -1.73. The van der Waals surface area contributed by atoms with E-state index in [-0.39, 0.29) is 13.0 Å². The van der Waals surface area contributed by atoms with E-state index in [4.69, 9.17) is 10.2 Å². The van der Waals surface area contributed by atoms with Crippen LogP contribution in [-0.4, -0.2) is 58.6 Å². The molecule has 22 heavy (non-hydrogen) atoms. The van der Waals surface area contributed by atoms with E-state index in [1.54, 1.807) is 0 Å². The van der Waals surface area contributed by atoms with Crippen LogP contribution < -0.4 is 5.32 Å². The zero-order valence-electron chi connectivity index (χ0n) is 12.3. The van der Waals surface area contributed by atoms with Crippen LogP contribution in [0.15, 0.2) is 30.3 Å². The highest BCUT2D eigenvalue weighted by atomic mass is 32.1. The van der Waals surface area contributed by atoms with Gasteiger partial charge in [-0.2, -0.15) is 12.6 Å². The molecule has 0 aliphatic carbocycles. The van der Waals surface area contributed by atoms with Crippen molar-refractivity contribution >= 4 is 24.6 Å². The number of carbonyl (C=O) groups is 2. The van der Waals surface area contributed by atoms with Crippen molar-refractivity contribution in [2.24, 2.45) is 0 Å². The Morgan fingerprint density at radius 3 is 2.45 bits per heavy atom. The second kappa shape index (κ2) is 10.1. The van der Waals surface area contributed by atoms with Crippen LogP contribution >= 0.6 is 12.6 Å². The van der Waals surface area contributed by atoms with E-state index < -0.39 is 18.0 Å². The zero-order chi connectivity index (χ0) is 16.4. The summed E-state index contributed by atoms with van der Waals surface area (Å²) in [6.45, 7) is 0.600. The molecule has 0 aliphatic heterocycles. The lowest BCUT2D eigenvalue weighted by Gasteiger charge is -2.24. The Morgan fingerprint density at radius 1 is 1.23 bits per heavy atom. The van der Waals surface area contributed by atoms with Crippen molar-refractivity contribution in [3.63, 3.8) is 0 Å². The van der Waals surface area contributed by atoms with E-state index in [2.05, 4.69) is 17.9 Å². The number of aliphatic hydroxyl groups excluding tert-OH is 1. The number of amides is 2. The summed E-state index contributed by atoms with van der Waals surface area (Å²) in [6, 6.07) is 8.20. The molecule has 3 N–H and O–H groups in total. The van der Waals surface area contributed by atoms with Crippen molar-refractivity contribution in [2.75, 3.05) is 25.4 Å². The Bertz CT molecular complexity index is 470. The van der Waals surface area contributed by atoms with Gasteiger partial charge in [0.15, 0.2) is 0 Å². The first-order valence-electron chi connectivity index (χ1n) is 7.12. The van der Waals surface area contributed by atoms with E-state index in [1.807, 2.05) is 30.3 Å². The number of nitrogens with zero attached hydrogens (tertiary/aromatic N) is 1. The lowest BCUT2D eigenvalue weighted by atomic mass is 10.1. The number of aliphatic hydroxyl groups is 1. The van der Waals surface area contributed by atoms with Crippen molar-refractivity contribution in [3.8, 4) is 0 Å². The lowest BCUT2D eigenvalue weighted by Crippen LogP contribution is -2.49. The molecule has 0 heterocycles. The molecule has 0 bridgehead atoms. The molecular weight excluding hydrogens is 304 g/mol. The number of carboxylic acid groups (broad SMARTS) is 1. The van der Waals surface area contributed by atoms with Crippen LogP contribution in [0.25, 0.3) is 0 Å². The molecule has 0 radical (unpaired) electrons. The number of carboxylic acids is 1. The van der Waals surface area contributed by atoms with Gasteiger partial charge in [-0.3, -0.25) is 0 Å². The Morgan fingerprint density at radius 2 is 1.91 bits per heavy atom. The van der Waals surface area contributed by atoms with Crippen LogP contribution in [0.4, 0.5) is 4.79 Å². The van der Waals surface area contributed by atoms with Gasteiger partial charge in [0.1, 0.15) is 6.04 Å². The van der Waals surface area contributed by atoms with Crippen LogP contribution in [0.1, 0.15) is 12.0 Å². The smallest absolute Gasteiger partial charge is 0.326 e. The molecule has 0 saturated carbocycles. The minimum absolute atomic E-state index is 0.0194. The average Bonchev–Trinajstić information content (AvgIpc) is 2.51. The SMILES string of the molecule is O=C(O)[C@H](CCO)NC(=O)N(CCS)CCc1ccccc1. The fourth-order valence-electron chi connectivity index (χ4n) is 1.97. The van der Waals surface area contributed by atoms with Crippen molar-refractivity contribution in [1.29, 1.82) is 0 Å². The fraction of sp³-hybridized carbons (Fsp3) is 0.467. The first-order chi connectivity index (χ1) is 10.6. The van der Waals surface area contributed by atoms with Gasteiger partial charge in [0.05, 0.1) is 0 Å². The van der Waals surface area contributed by atoms with Crippen LogP contribution in [0.3, 0.4) is 0 Å². The van der Waals surface area contributed by atoms with Gasteiger partial charge in [-0.1, -0.05) is 30.3 Å². The maximum absolute atomic E-state index is 12.2. The molecule has 0 unspecified atom stereocenters. The summed E-state index contributed by atoms with van der Waals surface area (Å²) in [4.78, 5) is 24.7. The third-order valence-corrected chi connectivity index (χ3v) is 3.38. The van der Waals surface area contributed by atoms with Crippen LogP contribution in [0.2, 0.25) is 0 Å². The van der Waals surface area contributed by atoms with Gasteiger partial charge in [-0.25, -0.2) is 9.59 Å². The summed E-state index contributed by atoms with van der Waals surface area (Å²) in [5, 5.41) is 20.3. The second-order valence-electron chi connectivity index (χ2n) is 4.80. The molecule has 1 aromatic carbocycles. The molecule has 1 rings (SSSR count). The van der Waals surface area contributed by atoms with E-state index in [0.29, 0.717) is 25.3 Å². The molecule has 1 aromatic rings. The average molecular weight is 326 g/mol. The molecule has 7 heteroatoms. The van der Waals surface area contributed by atoms with Crippen LogP contribution in [0, 0.1) is 0 Å². The number of benzene rings is 1. The fourth-order valence-corrected chi connectivity index (χ4v) is 2.21. The quantitative estimate of drug-likeness (QED) is 0.510. The van der Waals surface area contributed by atoms with E-state index in [1.165, 1.54) is 4.90 Å². The third-order valence-electron chi connectivity index (χ3n) is 3.18. The third kappa shape index (κ3) is 6.36. The van der Waals surface area contributed by atoms with Crippen LogP contribution in [-0.2, 0) is 11.2 Å². The van der Waals surface area contributed by atoms with Crippen LogP contribution in [0.5, 0.6) is 0 Å². The number of thiol groups is 1. The number of nitrogens with one attached hydrogen (secondary N) is 1. The van der Waals surface area contributed by atoms with E-state index >= 15 is 0 Å². The van der Waals surface area contributed by atoms with Gasteiger partial charge in [-0.05, 0) is 12.0 Å². The topological polar surface area (TPSA) is 89.9 Å². The van der Waals surface area contributed by atoms with Crippen molar-refractivity contribution < 1.29 is 19.8 Å². The van der Waals surface area contributed by atoms with Crippen molar-refractivity contribution in [3.05, 3.63) is 35.9 Å². The number of hydrogen-bond donors (Lipinski definition) is 4. The predicted molar refractivity (Wildman–Crippen MR) is 87.2 cm³/mol. The maximum Gasteiger partial charge on any atom is 0.326 e. The zero-order valence-corrected chi connectivity index (χ0v) is 13.2. The second-order valence-corrected chi connectivity index (χ2v) is 5.25.